The summed E-state index contributed by atoms with van der Waals surface area (Å²) >= 11 is 0. The van der Waals surface area contributed by atoms with Gasteiger partial charge in [-0.2, -0.15) is 0 Å². The van der Waals surface area contributed by atoms with Crippen molar-refractivity contribution in [2.24, 2.45) is 0 Å². The summed E-state index contributed by atoms with van der Waals surface area (Å²) < 4.78 is 27.7. The van der Waals surface area contributed by atoms with E-state index >= 15 is 0 Å². The van der Waals surface area contributed by atoms with Crippen LogP contribution in [-0.2, 0) is 6.61 Å². The molecular weight excluding hydrogens is 372 g/mol. The number of rotatable bonds is 7. The fourth-order valence-corrected chi connectivity index (χ4v) is 2.90. The van der Waals surface area contributed by atoms with Crippen LogP contribution < -0.4 is 18.9 Å². The van der Waals surface area contributed by atoms with Crippen LogP contribution in [0.25, 0.3) is 6.08 Å². The molecule has 1 aliphatic rings. The van der Waals surface area contributed by atoms with E-state index in [0.29, 0.717) is 53.3 Å². The highest BCUT2D eigenvalue weighted by Crippen LogP contribution is 2.31. The number of benzene rings is 2. The van der Waals surface area contributed by atoms with Gasteiger partial charge >= 0.3 is 0 Å². The molecule has 1 aromatic heterocycles. The zero-order chi connectivity index (χ0) is 20.1. The summed E-state index contributed by atoms with van der Waals surface area (Å²) in [6.07, 6.45) is 3.10. The molecule has 29 heavy (non-hydrogen) atoms. The molecular formula is C23H20O6. The highest BCUT2D eigenvalue weighted by molar-refractivity contribution is 6.07. The molecule has 0 amide bonds. The summed E-state index contributed by atoms with van der Waals surface area (Å²) in [5.41, 5.74) is 0.525. The zero-order valence-electron chi connectivity index (χ0n) is 15.9. The van der Waals surface area contributed by atoms with Crippen LogP contribution >= 0.6 is 0 Å². The minimum atomic E-state index is -0.148. The van der Waals surface area contributed by atoms with E-state index in [1.807, 2.05) is 30.3 Å². The van der Waals surface area contributed by atoms with E-state index in [9.17, 15) is 4.79 Å². The Hall–Kier alpha value is -3.67. The Kier molecular flexibility index (Phi) is 5.52. The molecule has 0 spiro atoms. The first kappa shape index (κ1) is 18.7. The van der Waals surface area contributed by atoms with Gasteiger partial charge in [0.25, 0.3) is 0 Å². The number of fused-ring (bicyclic) bond motifs is 1. The average molecular weight is 392 g/mol. The molecule has 1 aliphatic heterocycles. The van der Waals surface area contributed by atoms with Gasteiger partial charge in [0.2, 0.25) is 0 Å². The smallest absolute Gasteiger partial charge is 0.186 e. The Balaban J connectivity index is 1.38. The van der Waals surface area contributed by atoms with Gasteiger partial charge in [-0.3, -0.25) is 4.79 Å². The number of carbonyl (C=O) groups is 1. The van der Waals surface area contributed by atoms with Gasteiger partial charge in [0.1, 0.15) is 31.3 Å². The van der Waals surface area contributed by atoms with E-state index in [2.05, 4.69) is 0 Å². The van der Waals surface area contributed by atoms with E-state index in [1.54, 1.807) is 37.5 Å². The zero-order valence-corrected chi connectivity index (χ0v) is 15.9. The second kappa shape index (κ2) is 8.56. The van der Waals surface area contributed by atoms with Crippen molar-refractivity contribution < 1.29 is 28.2 Å². The molecule has 0 radical (unpaired) electrons. The van der Waals surface area contributed by atoms with Crippen molar-refractivity contribution in [3.63, 3.8) is 0 Å². The van der Waals surface area contributed by atoms with Gasteiger partial charge in [-0.05, 0) is 54.6 Å². The highest BCUT2D eigenvalue weighted by Gasteiger charge is 2.14. The van der Waals surface area contributed by atoms with E-state index in [4.69, 9.17) is 23.4 Å². The molecule has 2 aromatic carbocycles. The Morgan fingerprint density at radius 3 is 2.62 bits per heavy atom. The highest BCUT2D eigenvalue weighted by atomic mass is 16.6. The monoisotopic (exact) mass is 392 g/mol. The number of allylic oxidation sites excluding steroid dienone is 1. The van der Waals surface area contributed by atoms with Crippen LogP contribution in [-0.4, -0.2) is 26.1 Å². The summed E-state index contributed by atoms with van der Waals surface area (Å²) in [4.78, 5) is 12.4. The second-order valence-corrected chi connectivity index (χ2v) is 6.30. The van der Waals surface area contributed by atoms with E-state index in [1.165, 1.54) is 6.08 Å². The summed E-state index contributed by atoms with van der Waals surface area (Å²) in [5, 5.41) is 0. The van der Waals surface area contributed by atoms with Crippen LogP contribution in [0.15, 0.2) is 65.1 Å². The van der Waals surface area contributed by atoms with Gasteiger partial charge in [0.05, 0.1) is 7.11 Å². The predicted octanol–water partition coefficient (Wildman–Crippen LogP) is 4.53. The van der Waals surface area contributed by atoms with Gasteiger partial charge < -0.3 is 23.4 Å². The lowest BCUT2D eigenvalue weighted by Gasteiger charge is -2.18. The normalized spacial score (nSPS) is 12.7. The third kappa shape index (κ3) is 4.43. The van der Waals surface area contributed by atoms with Crippen LogP contribution in [0.2, 0.25) is 0 Å². The van der Waals surface area contributed by atoms with Crippen molar-refractivity contribution >= 4 is 11.9 Å². The lowest BCUT2D eigenvalue weighted by molar-refractivity contribution is 0.104. The molecule has 3 aromatic rings. The molecule has 6 nitrogen and oxygen atoms in total. The number of carbonyl (C=O) groups excluding carboxylic acids is 1. The first-order valence-electron chi connectivity index (χ1n) is 9.19. The summed E-state index contributed by atoms with van der Waals surface area (Å²) in [5.74, 6) is 3.59. The van der Waals surface area contributed by atoms with E-state index in [0.717, 1.165) is 0 Å². The summed E-state index contributed by atoms with van der Waals surface area (Å²) in [6.45, 7) is 1.25. The Bertz CT molecular complexity index is 1030. The molecule has 0 unspecified atom stereocenters. The van der Waals surface area contributed by atoms with Crippen molar-refractivity contribution in [1.82, 2.24) is 0 Å². The average Bonchev–Trinajstić information content (AvgIpc) is 3.23. The molecule has 2 heterocycles. The van der Waals surface area contributed by atoms with Crippen LogP contribution in [0.1, 0.15) is 21.9 Å². The number of ketones is 1. The third-order valence-electron chi connectivity index (χ3n) is 4.35. The molecule has 0 atom stereocenters. The van der Waals surface area contributed by atoms with Crippen LogP contribution in [0.5, 0.6) is 23.0 Å². The third-order valence-corrected chi connectivity index (χ3v) is 4.35. The number of hydrogen-bond acceptors (Lipinski definition) is 6. The van der Waals surface area contributed by atoms with Crippen molar-refractivity contribution in [2.75, 3.05) is 20.3 Å². The number of ether oxygens (including phenoxy) is 4. The second-order valence-electron chi connectivity index (χ2n) is 6.30. The first-order valence-corrected chi connectivity index (χ1v) is 9.19. The maximum absolute atomic E-state index is 12.4. The van der Waals surface area contributed by atoms with Crippen LogP contribution in [0.4, 0.5) is 0 Å². The molecule has 0 saturated heterocycles. The maximum Gasteiger partial charge on any atom is 0.186 e. The fourth-order valence-electron chi connectivity index (χ4n) is 2.90. The van der Waals surface area contributed by atoms with E-state index < -0.39 is 0 Å². The molecule has 148 valence electrons. The van der Waals surface area contributed by atoms with Gasteiger partial charge in [0, 0.05) is 5.56 Å². The van der Waals surface area contributed by atoms with Gasteiger partial charge in [-0.15, -0.1) is 0 Å². The molecule has 0 N–H and O–H groups in total. The molecule has 0 aliphatic carbocycles. The van der Waals surface area contributed by atoms with Crippen LogP contribution in [0.3, 0.4) is 0 Å². The van der Waals surface area contributed by atoms with Crippen molar-refractivity contribution in [2.45, 2.75) is 6.61 Å². The fraction of sp³-hybridized carbons (Fsp3) is 0.174. The largest absolute Gasteiger partial charge is 0.493 e. The van der Waals surface area contributed by atoms with Gasteiger partial charge in [-0.1, -0.05) is 12.1 Å². The predicted molar refractivity (Wildman–Crippen MR) is 107 cm³/mol. The quantitative estimate of drug-likeness (QED) is 0.435. The van der Waals surface area contributed by atoms with Gasteiger partial charge in [-0.25, -0.2) is 0 Å². The molecule has 0 fully saturated rings. The molecule has 0 bridgehead atoms. The summed E-state index contributed by atoms with van der Waals surface area (Å²) in [6, 6.07) is 16.2. The number of furan rings is 1. The number of hydrogen-bond donors (Lipinski definition) is 0. The SMILES string of the molecule is COc1ccccc1OCc1ccc(/C=C/C(=O)c2ccc3c(c2)OCCO3)o1. The Labute approximate surface area is 168 Å². The van der Waals surface area contributed by atoms with E-state index in [-0.39, 0.29) is 12.4 Å². The topological polar surface area (TPSA) is 67.1 Å². The summed E-state index contributed by atoms with van der Waals surface area (Å²) in [7, 11) is 1.59. The minimum absolute atomic E-state index is 0.148. The van der Waals surface area contributed by atoms with Crippen molar-refractivity contribution in [3.8, 4) is 23.0 Å². The molecule has 0 saturated carbocycles. The standard InChI is InChI=1S/C23H20O6/c1-25-20-4-2-3-5-21(20)28-15-18-8-7-17(29-18)9-10-19(24)16-6-11-22-23(14-16)27-13-12-26-22/h2-11,14H,12-13,15H2,1H3/b10-9+. The number of para-hydroxylation sites is 2. The Morgan fingerprint density at radius 1 is 1.00 bits per heavy atom. The minimum Gasteiger partial charge on any atom is -0.493 e. The lowest BCUT2D eigenvalue weighted by atomic mass is 10.1. The number of methoxy groups -OCH3 is 1. The van der Waals surface area contributed by atoms with Crippen molar-refractivity contribution in [1.29, 1.82) is 0 Å². The molecule has 4 rings (SSSR count). The van der Waals surface area contributed by atoms with Crippen LogP contribution in [0, 0.1) is 0 Å². The molecule has 6 heteroatoms. The lowest BCUT2D eigenvalue weighted by Crippen LogP contribution is -2.15. The maximum atomic E-state index is 12.4. The van der Waals surface area contributed by atoms with Gasteiger partial charge in [0.15, 0.2) is 28.8 Å². The first-order chi connectivity index (χ1) is 14.2. The Morgan fingerprint density at radius 2 is 1.79 bits per heavy atom. The van der Waals surface area contributed by atoms with Crippen molar-refractivity contribution in [3.05, 3.63) is 77.8 Å².